The summed E-state index contributed by atoms with van der Waals surface area (Å²) in [6.07, 6.45) is 0. The Morgan fingerprint density at radius 2 is 1.90 bits per heavy atom. The van der Waals surface area contributed by atoms with E-state index >= 15 is 0 Å². The van der Waals surface area contributed by atoms with Gasteiger partial charge in [-0.15, -0.1) is 0 Å². The van der Waals surface area contributed by atoms with E-state index in [1.165, 1.54) is 0 Å². The zero-order valence-electron chi connectivity index (χ0n) is 10.8. The molecule has 2 aromatic carbocycles. The number of nitrogens with one attached hydrogen (secondary N) is 1. The maximum absolute atomic E-state index is 12.2. The molecule has 0 aliphatic rings. The number of carbonyl (C=O) groups is 1. The lowest BCUT2D eigenvalue weighted by molar-refractivity contribution is 0.0950. The average molecular weight is 399 g/mol. The third kappa shape index (κ3) is 3.61. The van der Waals surface area contributed by atoms with Gasteiger partial charge in [-0.25, -0.2) is 0 Å². The third-order valence-corrected chi connectivity index (χ3v) is 4.25. The van der Waals surface area contributed by atoms with E-state index in [4.69, 9.17) is 4.74 Å². The summed E-state index contributed by atoms with van der Waals surface area (Å²) in [5.74, 6) is 0.578. The molecular weight excluding hydrogens is 386 g/mol. The number of hydrogen-bond donors (Lipinski definition) is 1. The second kappa shape index (κ2) is 6.90. The molecule has 0 saturated heterocycles. The average Bonchev–Trinajstić information content (AvgIpc) is 2.46. The van der Waals surface area contributed by atoms with E-state index in [1.54, 1.807) is 25.3 Å². The molecule has 1 amide bonds. The first-order chi connectivity index (χ1) is 9.61. The molecule has 104 valence electrons. The van der Waals surface area contributed by atoms with E-state index < -0.39 is 0 Å². The van der Waals surface area contributed by atoms with Gasteiger partial charge in [0.2, 0.25) is 0 Å². The molecule has 0 spiro atoms. The molecule has 20 heavy (non-hydrogen) atoms. The van der Waals surface area contributed by atoms with E-state index in [1.807, 2.05) is 24.3 Å². The van der Waals surface area contributed by atoms with Crippen molar-refractivity contribution in [2.24, 2.45) is 0 Å². The van der Waals surface area contributed by atoms with Gasteiger partial charge in [-0.05, 0) is 45.8 Å². The van der Waals surface area contributed by atoms with Gasteiger partial charge < -0.3 is 10.1 Å². The van der Waals surface area contributed by atoms with Gasteiger partial charge in [0, 0.05) is 15.5 Å². The first-order valence-electron chi connectivity index (χ1n) is 5.97. The number of hydrogen-bond acceptors (Lipinski definition) is 2. The van der Waals surface area contributed by atoms with E-state index in [2.05, 4.69) is 37.2 Å². The number of benzene rings is 2. The molecule has 2 aromatic rings. The van der Waals surface area contributed by atoms with E-state index in [-0.39, 0.29) is 5.91 Å². The molecule has 0 radical (unpaired) electrons. The van der Waals surface area contributed by atoms with E-state index in [9.17, 15) is 4.79 Å². The summed E-state index contributed by atoms with van der Waals surface area (Å²) in [6, 6.07) is 13.1. The van der Waals surface area contributed by atoms with Crippen molar-refractivity contribution in [3.05, 3.63) is 62.5 Å². The van der Waals surface area contributed by atoms with Gasteiger partial charge in [-0.2, -0.15) is 0 Å². The zero-order valence-corrected chi connectivity index (χ0v) is 14.0. The van der Waals surface area contributed by atoms with Gasteiger partial charge in [0.25, 0.3) is 5.91 Å². The minimum absolute atomic E-state index is 0.129. The Morgan fingerprint density at radius 1 is 1.15 bits per heavy atom. The molecular formula is C15H13Br2NO2. The van der Waals surface area contributed by atoms with Gasteiger partial charge in [-0.3, -0.25) is 4.79 Å². The van der Waals surface area contributed by atoms with Crippen LogP contribution in [0.5, 0.6) is 5.75 Å². The minimum atomic E-state index is -0.129. The summed E-state index contributed by atoms with van der Waals surface area (Å²) in [7, 11) is 1.59. The van der Waals surface area contributed by atoms with Crippen molar-refractivity contribution < 1.29 is 9.53 Å². The van der Waals surface area contributed by atoms with Crippen LogP contribution in [0.15, 0.2) is 51.4 Å². The third-order valence-electron chi connectivity index (χ3n) is 2.82. The van der Waals surface area contributed by atoms with Crippen LogP contribution in [0, 0.1) is 0 Å². The van der Waals surface area contributed by atoms with Gasteiger partial charge in [0.15, 0.2) is 0 Å². The molecule has 0 bridgehead atoms. The van der Waals surface area contributed by atoms with Crippen LogP contribution in [-0.2, 0) is 6.54 Å². The fourth-order valence-corrected chi connectivity index (χ4v) is 2.68. The summed E-state index contributed by atoms with van der Waals surface area (Å²) >= 11 is 6.84. The topological polar surface area (TPSA) is 38.3 Å². The number of carbonyl (C=O) groups excluding carboxylic acids is 1. The van der Waals surface area contributed by atoms with Gasteiger partial charge in [0.1, 0.15) is 5.75 Å². The Morgan fingerprint density at radius 3 is 2.55 bits per heavy atom. The number of halogens is 2. The predicted molar refractivity (Wildman–Crippen MR) is 86.0 cm³/mol. The first-order valence-corrected chi connectivity index (χ1v) is 7.55. The fraction of sp³-hybridized carbons (Fsp3) is 0.133. The van der Waals surface area contributed by atoms with Crippen molar-refractivity contribution in [3.63, 3.8) is 0 Å². The predicted octanol–water partition coefficient (Wildman–Crippen LogP) is 4.15. The van der Waals surface area contributed by atoms with Crippen LogP contribution < -0.4 is 10.1 Å². The monoisotopic (exact) mass is 397 g/mol. The molecule has 3 nitrogen and oxygen atoms in total. The van der Waals surface area contributed by atoms with Crippen molar-refractivity contribution in [1.29, 1.82) is 0 Å². The van der Waals surface area contributed by atoms with Gasteiger partial charge in [-0.1, -0.05) is 34.1 Å². The molecule has 0 saturated carbocycles. The molecule has 1 N–H and O–H groups in total. The Hall–Kier alpha value is -1.33. The van der Waals surface area contributed by atoms with Crippen molar-refractivity contribution >= 4 is 37.8 Å². The summed E-state index contributed by atoms with van der Waals surface area (Å²) in [5.41, 5.74) is 1.61. The molecule has 0 aliphatic carbocycles. The van der Waals surface area contributed by atoms with Crippen molar-refractivity contribution in [2.75, 3.05) is 7.11 Å². The zero-order chi connectivity index (χ0) is 14.5. The van der Waals surface area contributed by atoms with Crippen LogP contribution >= 0.6 is 31.9 Å². The highest BCUT2D eigenvalue weighted by atomic mass is 79.9. The maximum atomic E-state index is 12.2. The molecule has 5 heteroatoms. The fourth-order valence-electron chi connectivity index (χ4n) is 1.72. The molecule has 0 atom stereocenters. The summed E-state index contributed by atoms with van der Waals surface area (Å²) in [4.78, 5) is 12.2. The highest BCUT2D eigenvalue weighted by Crippen LogP contribution is 2.23. The summed E-state index contributed by atoms with van der Waals surface area (Å²) in [5, 5.41) is 2.89. The van der Waals surface area contributed by atoms with Crippen molar-refractivity contribution in [2.45, 2.75) is 6.54 Å². The second-order valence-corrected chi connectivity index (χ2v) is 5.83. The molecule has 0 aliphatic heterocycles. The Kier molecular flexibility index (Phi) is 5.20. The summed E-state index contributed by atoms with van der Waals surface area (Å²) in [6.45, 7) is 0.471. The van der Waals surface area contributed by atoms with Crippen LogP contribution in [-0.4, -0.2) is 13.0 Å². The largest absolute Gasteiger partial charge is 0.497 e. The lowest BCUT2D eigenvalue weighted by Gasteiger charge is -2.09. The number of ether oxygens (including phenoxy) is 1. The number of rotatable bonds is 4. The van der Waals surface area contributed by atoms with Crippen LogP contribution in [0.3, 0.4) is 0 Å². The smallest absolute Gasteiger partial charge is 0.252 e. The number of methoxy groups -OCH3 is 1. The van der Waals surface area contributed by atoms with Crippen LogP contribution in [0.1, 0.15) is 15.9 Å². The van der Waals surface area contributed by atoms with Crippen LogP contribution in [0.4, 0.5) is 0 Å². The second-order valence-electron chi connectivity index (χ2n) is 4.12. The van der Waals surface area contributed by atoms with Crippen LogP contribution in [0.2, 0.25) is 0 Å². The van der Waals surface area contributed by atoms with E-state index in [0.717, 1.165) is 10.0 Å². The molecule has 0 fully saturated rings. The maximum Gasteiger partial charge on any atom is 0.252 e. The van der Waals surface area contributed by atoms with Gasteiger partial charge in [0.05, 0.1) is 12.7 Å². The standard InChI is InChI=1S/C15H13Br2NO2/c1-20-11-6-7-12(14(17)8-11)15(19)18-9-10-4-2-3-5-13(10)16/h2-8H,9H2,1H3,(H,18,19). The Bertz CT molecular complexity index is 629. The van der Waals surface area contributed by atoms with Crippen molar-refractivity contribution in [3.8, 4) is 5.75 Å². The van der Waals surface area contributed by atoms with Crippen molar-refractivity contribution in [1.82, 2.24) is 5.32 Å². The summed E-state index contributed by atoms with van der Waals surface area (Å²) < 4.78 is 6.80. The molecule has 0 unspecified atom stereocenters. The lowest BCUT2D eigenvalue weighted by atomic mass is 10.2. The quantitative estimate of drug-likeness (QED) is 0.839. The Labute approximate surface area is 134 Å². The minimum Gasteiger partial charge on any atom is -0.497 e. The van der Waals surface area contributed by atoms with Gasteiger partial charge >= 0.3 is 0 Å². The molecule has 2 rings (SSSR count). The Balaban J connectivity index is 2.07. The van der Waals surface area contributed by atoms with E-state index in [0.29, 0.717) is 22.3 Å². The first kappa shape index (κ1) is 15.1. The SMILES string of the molecule is COc1ccc(C(=O)NCc2ccccc2Br)c(Br)c1. The van der Waals surface area contributed by atoms with Crippen LogP contribution in [0.25, 0.3) is 0 Å². The number of amides is 1. The molecule has 0 aromatic heterocycles. The highest BCUT2D eigenvalue weighted by Gasteiger charge is 2.11. The highest BCUT2D eigenvalue weighted by molar-refractivity contribution is 9.10. The molecule has 0 heterocycles. The normalized spacial score (nSPS) is 10.2. The lowest BCUT2D eigenvalue weighted by Crippen LogP contribution is -2.23.